The molecule has 4 aliphatic rings. The lowest BCUT2D eigenvalue weighted by molar-refractivity contribution is -0.123. The van der Waals surface area contributed by atoms with Crippen molar-refractivity contribution in [3.63, 3.8) is 0 Å². The zero-order chi connectivity index (χ0) is 23.7. The molecule has 2 unspecified atom stereocenters. The van der Waals surface area contributed by atoms with Gasteiger partial charge in [-0.3, -0.25) is 19.6 Å². The molecule has 5 rings (SSSR count). The van der Waals surface area contributed by atoms with Gasteiger partial charge in [0.05, 0.1) is 30.1 Å². The molecule has 3 heterocycles. The molecule has 3 aliphatic heterocycles. The lowest BCUT2D eigenvalue weighted by Gasteiger charge is -2.53. The zero-order valence-corrected chi connectivity index (χ0v) is 20.1. The highest BCUT2D eigenvalue weighted by molar-refractivity contribution is 6.30. The summed E-state index contributed by atoms with van der Waals surface area (Å²) in [5.41, 5.74) is 0.323. The number of aliphatic imine (C=N–C) groups is 1. The Hall–Kier alpha value is -2.84. The normalized spacial score (nSPS) is 30.7. The van der Waals surface area contributed by atoms with Gasteiger partial charge in [0.25, 0.3) is 0 Å². The summed E-state index contributed by atoms with van der Waals surface area (Å²) in [4.78, 5) is 34.5. The minimum absolute atomic E-state index is 0.0720. The minimum Gasteiger partial charge on any atom is -0.494 e. The second-order valence-corrected chi connectivity index (χ2v) is 9.82. The Morgan fingerprint density at radius 3 is 2.52 bits per heavy atom. The second-order valence-electron chi connectivity index (χ2n) is 9.38. The maximum atomic E-state index is 13.7. The molecule has 1 saturated heterocycles. The summed E-state index contributed by atoms with van der Waals surface area (Å²) in [6.07, 6.45) is 1.78. The number of nitrogens with zero attached hydrogens (tertiary/aromatic N) is 3. The van der Waals surface area contributed by atoms with Crippen molar-refractivity contribution >= 4 is 29.4 Å². The van der Waals surface area contributed by atoms with E-state index in [1.807, 2.05) is 58.0 Å². The summed E-state index contributed by atoms with van der Waals surface area (Å²) in [5.74, 6) is 0.996. The van der Waals surface area contributed by atoms with Crippen LogP contribution in [0.1, 0.15) is 39.3 Å². The molecule has 0 radical (unpaired) electrons. The maximum Gasteiger partial charge on any atom is 0.330 e. The van der Waals surface area contributed by atoms with Crippen molar-refractivity contribution in [2.45, 2.75) is 45.4 Å². The lowest BCUT2D eigenvalue weighted by atomic mass is 9.71. The van der Waals surface area contributed by atoms with Gasteiger partial charge in [-0.15, -0.1) is 0 Å². The van der Waals surface area contributed by atoms with Gasteiger partial charge in [-0.1, -0.05) is 23.7 Å². The van der Waals surface area contributed by atoms with E-state index in [0.717, 1.165) is 5.56 Å². The van der Waals surface area contributed by atoms with Gasteiger partial charge in [-0.25, -0.2) is 4.79 Å². The van der Waals surface area contributed by atoms with E-state index >= 15 is 0 Å². The molecule has 1 aromatic carbocycles. The molecule has 1 aromatic rings. The fourth-order valence-corrected chi connectivity index (χ4v) is 5.23. The van der Waals surface area contributed by atoms with Crippen LogP contribution in [-0.4, -0.2) is 59.5 Å². The van der Waals surface area contributed by atoms with Crippen molar-refractivity contribution in [3.05, 3.63) is 58.1 Å². The molecule has 174 valence electrons. The largest absolute Gasteiger partial charge is 0.494 e. The van der Waals surface area contributed by atoms with E-state index in [9.17, 15) is 9.59 Å². The van der Waals surface area contributed by atoms with Crippen molar-refractivity contribution in [2.24, 2.45) is 10.4 Å². The summed E-state index contributed by atoms with van der Waals surface area (Å²) in [6.45, 7) is 8.07. The fourth-order valence-electron chi connectivity index (χ4n) is 5.10. The summed E-state index contributed by atoms with van der Waals surface area (Å²) in [7, 11) is 1.57. The molecule has 1 N–H and O–H groups in total. The molecule has 0 bridgehead atoms. The van der Waals surface area contributed by atoms with Crippen LogP contribution in [0, 0.1) is 5.41 Å². The number of nitrogens with one attached hydrogen (secondary N) is 1. The van der Waals surface area contributed by atoms with Gasteiger partial charge in [-0.2, -0.15) is 0 Å². The number of hydrogen-bond donors (Lipinski definition) is 1. The Morgan fingerprint density at radius 1 is 1.18 bits per heavy atom. The van der Waals surface area contributed by atoms with E-state index in [0.29, 0.717) is 34.6 Å². The monoisotopic (exact) mass is 470 g/mol. The van der Waals surface area contributed by atoms with Crippen molar-refractivity contribution in [1.82, 2.24) is 15.1 Å². The molecule has 0 aromatic heterocycles. The van der Waals surface area contributed by atoms with Gasteiger partial charge < -0.3 is 14.8 Å². The number of halogens is 1. The van der Waals surface area contributed by atoms with Crippen LogP contribution in [-0.2, 0) is 14.3 Å². The molecule has 1 aliphatic carbocycles. The molecule has 0 saturated carbocycles. The zero-order valence-electron chi connectivity index (χ0n) is 19.3. The van der Waals surface area contributed by atoms with E-state index in [1.165, 1.54) is 0 Å². The number of amidine groups is 1. The summed E-state index contributed by atoms with van der Waals surface area (Å²) < 4.78 is 12.2. The first-order valence-corrected chi connectivity index (χ1v) is 11.4. The van der Waals surface area contributed by atoms with Crippen molar-refractivity contribution in [1.29, 1.82) is 0 Å². The Labute approximate surface area is 197 Å². The van der Waals surface area contributed by atoms with Gasteiger partial charge in [0.15, 0.2) is 0 Å². The number of rotatable bonds is 4. The minimum atomic E-state index is -0.968. The van der Waals surface area contributed by atoms with Crippen LogP contribution < -0.4 is 5.32 Å². The van der Waals surface area contributed by atoms with Crippen LogP contribution in [0.4, 0.5) is 4.79 Å². The van der Waals surface area contributed by atoms with Crippen LogP contribution in [0.25, 0.3) is 0 Å². The second kappa shape index (κ2) is 7.33. The topological polar surface area (TPSA) is 83.5 Å². The highest BCUT2D eigenvalue weighted by atomic mass is 35.5. The Kier molecular flexibility index (Phi) is 4.88. The fraction of sp³-hybridized carbons (Fsp3) is 0.458. The number of benzene rings is 1. The number of ether oxygens (including phenoxy) is 2. The molecule has 33 heavy (non-hydrogen) atoms. The molecular weight excluding hydrogens is 444 g/mol. The molecular formula is C24H27ClN4O4. The highest BCUT2D eigenvalue weighted by Gasteiger charge is 2.61. The number of carbonyl (C=O) groups excluding carboxylic acids is 2. The van der Waals surface area contributed by atoms with Crippen molar-refractivity contribution in [2.75, 3.05) is 20.2 Å². The van der Waals surface area contributed by atoms with Crippen molar-refractivity contribution in [3.8, 4) is 0 Å². The quantitative estimate of drug-likeness (QED) is 0.728. The standard InChI is InChI=1S/C24H27ClN4O4/c1-13(2)33-17-10-23(3,32-5)19-20-24(17,4)21-26-16(14-6-8-15(25)9-7-14)11-29(21)22(31)28(20)12-18(30)27-19/h6-10,13,16H,11-12H2,1-5H3,(H,27,30)/t16-,23?,24?/m1/s1. The van der Waals surface area contributed by atoms with Gasteiger partial charge in [0.2, 0.25) is 5.91 Å². The number of fused-ring (bicyclic) bond motifs is 2. The van der Waals surface area contributed by atoms with E-state index in [1.54, 1.807) is 16.9 Å². The van der Waals surface area contributed by atoms with E-state index in [2.05, 4.69) is 5.32 Å². The van der Waals surface area contributed by atoms with Crippen LogP contribution >= 0.6 is 11.6 Å². The summed E-state index contributed by atoms with van der Waals surface area (Å²) in [5, 5.41) is 3.61. The predicted molar refractivity (Wildman–Crippen MR) is 123 cm³/mol. The number of amides is 3. The van der Waals surface area contributed by atoms with E-state index in [4.69, 9.17) is 26.1 Å². The number of urea groups is 1. The third kappa shape index (κ3) is 3.11. The van der Waals surface area contributed by atoms with E-state index < -0.39 is 11.0 Å². The molecule has 0 spiro atoms. The van der Waals surface area contributed by atoms with Crippen LogP contribution in [0.15, 0.2) is 52.5 Å². The van der Waals surface area contributed by atoms with Gasteiger partial charge >= 0.3 is 6.03 Å². The first kappa shape index (κ1) is 22.0. The number of hydrogen-bond acceptors (Lipinski definition) is 5. The molecule has 9 heteroatoms. The van der Waals surface area contributed by atoms with Crippen LogP contribution in [0.2, 0.25) is 5.02 Å². The Balaban J connectivity index is 1.72. The lowest BCUT2D eigenvalue weighted by Crippen LogP contribution is -2.66. The predicted octanol–water partition coefficient (Wildman–Crippen LogP) is 3.61. The first-order valence-electron chi connectivity index (χ1n) is 11.0. The highest BCUT2D eigenvalue weighted by Crippen LogP contribution is 2.54. The smallest absolute Gasteiger partial charge is 0.330 e. The first-order chi connectivity index (χ1) is 15.6. The van der Waals surface area contributed by atoms with Gasteiger partial charge in [0.1, 0.15) is 29.2 Å². The van der Waals surface area contributed by atoms with Crippen LogP contribution in [0.3, 0.4) is 0 Å². The van der Waals surface area contributed by atoms with Crippen LogP contribution in [0.5, 0.6) is 0 Å². The summed E-state index contributed by atoms with van der Waals surface area (Å²) in [6, 6.07) is 6.98. The Bertz CT molecular complexity index is 1140. The van der Waals surface area contributed by atoms with Gasteiger partial charge in [0, 0.05) is 12.1 Å². The SMILES string of the molecule is COC1(C)C=C(OC(C)C)C2(C)C3=N[C@@H](c4ccc(Cl)cc4)CN3C(=O)N3CC(=O)NC1=C32. The molecule has 8 nitrogen and oxygen atoms in total. The Morgan fingerprint density at radius 2 is 1.88 bits per heavy atom. The molecule has 3 atom stereocenters. The average molecular weight is 471 g/mol. The third-order valence-electron chi connectivity index (χ3n) is 6.78. The third-order valence-corrected chi connectivity index (χ3v) is 7.03. The average Bonchev–Trinajstić information content (AvgIpc) is 3.22. The van der Waals surface area contributed by atoms with Crippen molar-refractivity contribution < 1.29 is 19.1 Å². The maximum absolute atomic E-state index is 13.7. The molecule has 1 fully saturated rings. The van der Waals surface area contributed by atoms with Gasteiger partial charge in [-0.05, 0) is 51.5 Å². The van der Waals surface area contributed by atoms with E-state index in [-0.39, 0.29) is 30.6 Å². The number of methoxy groups -OCH3 is 1. The summed E-state index contributed by atoms with van der Waals surface area (Å²) >= 11 is 6.07. The number of carbonyl (C=O) groups is 2. The molecule has 3 amide bonds.